The molecule has 3 unspecified atom stereocenters. The minimum absolute atomic E-state index is 0.573. The van der Waals surface area contributed by atoms with Crippen LogP contribution >= 0.6 is 0 Å². The lowest BCUT2D eigenvalue weighted by Gasteiger charge is -2.20. The lowest BCUT2D eigenvalue weighted by Crippen LogP contribution is -2.24. The van der Waals surface area contributed by atoms with E-state index in [1.807, 2.05) is 0 Å². The minimum atomic E-state index is 0.573. The molecule has 3 atom stereocenters. The van der Waals surface area contributed by atoms with Crippen LogP contribution in [0, 0.1) is 25.7 Å². The maximum absolute atomic E-state index is 3.73. The quantitative estimate of drug-likeness (QED) is 0.807. The van der Waals surface area contributed by atoms with E-state index in [2.05, 4.69) is 51.2 Å². The third-order valence-electron chi connectivity index (χ3n) is 3.82. The monoisotopic (exact) mass is 231 g/mol. The molecule has 2 rings (SSSR count). The number of nitrogens with one attached hydrogen (secondary N) is 1. The highest BCUT2D eigenvalue weighted by molar-refractivity contribution is 5.32. The summed E-state index contributed by atoms with van der Waals surface area (Å²) in [6, 6.07) is 7.54. The van der Waals surface area contributed by atoms with Crippen LogP contribution in [0.2, 0.25) is 0 Å². The number of hydrogen-bond donors (Lipinski definition) is 1. The Kier molecular flexibility index (Phi) is 3.88. The molecule has 1 aromatic rings. The summed E-state index contributed by atoms with van der Waals surface area (Å²) in [6.45, 7) is 10.1. The maximum atomic E-state index is 3.73. The minimum Gasteiger partial charge on any atom is -0.310 e. The van der Waals surface area contributed by atoms with Crippen LogP contribution in [0.15, 0.2) is 18.2 Å². The van der Waals surface area contributed by atoms with Crippen LogP contribution in [0.3, 0.4) is 0 Å². The highest BCUT2D eigenvalue weighted by atomic mass is 14.9. The molecule has 0 spiro atoms. The standard InChI is InChI=1S/C16H25N/c1-5-6-17-16(15-10-13(15)4)14-8-11(2)7-12(3)9-14/h7-9,13,15-17H,5-6,10H2,1-4H3. The van der Waals surface area contributed by atoms with Crippen LogP contribution in [0.1, 0.15) is 49.4 Å². The van der Waals surface area contributed by atoms with E-state index in [4.69, 9.17) is 0 Å². The van der Waals surface area contributed by atoms with Crippen LogP contribution in [-0.4, -0.2) is 6.54 Å². The molecule has 1 saturated carbocycles. The summed E-state index contributed by atoms with van der Waals surface area (Å²) in [5.74, 6) is 1.74. The molecule has 0 aromatic heterocycles. The van der Waals surface area contributed by atoms with E-state index in [1.54, 1.807) is 0 Å². The second-order valence-electron chi connectivity index (χ2n) is 5.73. The SMILES string of the molecule is CCCNC(c1cc(C)cc(C)c1)C1CC1C. The van der Waals surface area contributed by atoms with Crippen molar-refractivity contribution >= 4 is 0 Å². The number of rotatable bonds is 5. The Hall–Kier alpha value is -0.820. The van der Waals surface area contributed by atoms with Crippen molar-refractivity contribution in [3.8, 4) is 0 Å². The second-order valence-corrected chi connectivity index (χ2v) is 5.73. The van der Waals surface area contributed by atoms with E-state index in [1.165, 1.54) is 29.5 Å². The molecule has 0 radical (unpaired) electrons. The molecule has 94 valence electrons. The van der Waals surface area contributed by atoms with Crippen molar-refractivity contribution in [2.24, 2.45) is 11.8 Å². The molecule has 1 fully saturated rings. The van der Waals surface area contributed by atoms with Gasteiger partial charge in [-0.2, -0.15) is 0 Å². The third-order valence-corrected chi connectivity index (χ3v) is 3.82. The van der Waals surface area contributed by atoms with Gasteiger partial charge >= 0.3 is 0 Å². The Morgan fingerprint density at radius 1 is 1.24 bits per heavy atom. The van der Waals surface area contributed by atoms with E-state index in [9.17, 15) is 0 Å². The molecule has 1 aliphatic rings. The van der Waals surface area contributed by atoms with Crippen molar-refractivity contribution in [1.29, 1.82) is 0 Å². The van der Waals surface area contributed by atoms with Gasteiger partial charge < -0.3 is 5.32 Å². The normalized spacial score (nSPS) is 24.7. The Morgan fingerprint density at radius 3 is 2.29 bits per heavy atom. The van der Waals surface area contributed by atoms with Gasteiger partial charge in [-0.25, -0.2) is 0 Å². The van der Waals surface area contributed by atoms with Gasteiger partial charge in [0.25, 0.3) is 0 Å². The first kappa shape index (κ1) is 12.6. The molecule has 1 aromatic carbocycles. The van der Waals surface area contributed by atoms with Crippen LogP contribution in [0.25, 0.3) is 0 Å². The predicted octanol–water partition coefficient (Wildman–Crippen LogP) is 4.00. The van der Waals surface area contributed by atoms with E-state index in [0.29, 0.717) is 6.04 Å². The first-order chi connectivity index (χ1) is 8.11. The average Bonchev–Trinajstić information content (AvgIpc) is 2.95. The van der Waals surface area contributed by atoms with Gasteiger partial charge in [0.1, 0.15) is 0 Å². The number of hydrogen-bond acceptors (Lipinski definition) is 1. The largest absolute Gasteiger partial charge is 0.310 e. The van der Waals surface area contributed by atoms with Gasteiger partial charge in [-0.05, 0) is 50.6 Å². The zero-order valence-corrected chi connectivity index (χ0v) is 11.6. The zero-order chi connectivity index (χ0) is 12.4. The average molecular weight is 231 g/mol. The smallest absolute Gasteiger partial charge is 0.0351 e. The zero-order valence-electron chi connectivity index (χ0n) is 11.6. The Labute approximate surface area is 106 Å². The van der Waals surface area contributed by atoms with Crippen LogP contribution in [0.4, 0.5) is 0 Å². The molecule has 1 heteroatoms. The van der Waals surface area contributed by atoms with Gasteiger partial charge in [0, 0.05) is 6.04 Å². The molecule has 0 heterocycles. The molecule has 0 bridgehead atoms. The summed E-state index contributed by atoms with van der Waals surface area (Å²) in [5, 5.41) is 3.73. The second kappa shape index (κ2) is 5.22. The molecule has 1 nitrogen and oxygen atoms in total. The van der Waals surface area contributed by atoms with E-state index < -0.39 is 0 Å². The fraction of sp³-hybridized carbons (Fsp3) is 0.625. The molecule has 1 aliphatic carbocycles. The van der Waals surface area contributed by atoms with Crippen molar-refractivity contribution < 1.29 is 0 Å². The van der Waals surface area contributed by atoms with Gasteiger partial charge in [-0.15, -0.1) is 0 Å². The fourth-order valence-electron chi connectivity index (χ4n) is 2.82. The van der Waals surface area contributed by atoms with Gasteiger partial charge in [-0.1, -0.05) is 43.2 Å². The summed E-state index contributed by atoms with van der Waals surface area (Å²) in [5.41, 5.74) is 4.26. The lowest BCUT2D eigenvalue weighted by molar-refractivity contribution is 0.462. The molecule has 0 saturated heterocycles. The summed E-state index contributed by atoms with van der Waals surface area (Å²) >= 11 is 0. The van der Waals surface area contributed by atoms with Crippen molar-refractivity contribution in [2.75, 3.05) is 6.54 Å². The third kappa shape index (κ3) is 3.10. The first-order valence-corrected chi connectivity index (χ1v) is 6.93. The van der Waals surface area contributed by atoms with E-state index >= 15 is 0 Å². The van der Waals surface area contributed by atoms with Crippen LogP contribution in [0.5, 0.6) is 0 Å². The summed E-state index contributed by atoms with van der Waals surface area (Å²) < 4.78 is 0. The van der Waals surface area contributed by atoms with Crippen molar-refractivity contribution in [1.82, 2.24) is 5.32 Å². The first-order valence-electron chi connectivity index (χ1n) is 6.93. The Morgan fingerprint density at radius 2 is 1.82 bits per heavy atom. The summed E-state index contributed by atoms with van der Waals surface area (Å²) in [7, 11) is 0. The van der Waals surface area contributed by atoms with Gasteiger partial charge in [0.15, 0.2) is 0 Å². The molecular formula is C16H25N. The highest BCUT2D eigenvalue weighted by Crippen LogP contribution is 2.47. The van der Waals surface area contributed by atoms with Gasteiger partial charge in [0.05, 0.1) is 0 Å². The summed E-state index contributed by atoms with van der Waals surface area (Å²) in [4.78, 5) is 0. The van der Waals surface area contributed by atoms with Crippen molar-refractivity contribution in [3.63, 3.8) is 0 Å². The number of aryl methyl sites for hydroxylation is 2. The molecular weight excluding hydrogens is 206 g/mol. The highest BCUT2D eigenvalue weighted by Gasteiger charge is 2.39. The van der Waals surface area contributed by atoms with Crippen molar-refractivity contribution in [2.45, 2.75) is 46.6 Å². The molecule has 1 N–H and O–H groups in total. The van der Waals surface area contributed by atoms with Gasteiger partial charge in [-0.3, -0.25) is 0 Å². The maximum Gasteiger partial charge on any atom is 0.0351 e. The Balaban J connectivity index is 2.18. The van der Waals surface area contributed by atoms with E-state index in [0.717, 1.165) is 18.4 Å². The lowest BCUT2D eigenvalue weighted by atomic mass is 9.97. The van der Waals surface area contributed by atoms with E-state index in [-0.39, 0.29) is 0 Å². The van der Waals surface area contributed by atoms with Crippen molar-refractivity contribution in [3.05, 3.63) is 34.9 Å². The topological polar surface area (TPSA) is 12.0 Å². The summed E-state index contributed by atoms with van der Waals surface area (Å²) in [6.07, 6.45) is 2.59. The van der Waals surface area contributed by atoms with Gasteiger partial charge in [0.2, 0.25) is 0 Å². The Bertz CT molecular complexity index is 363. The fourth-order valence-corrected chi connectivity index (χ4v) is 2.82. The van der Waals surface area contributed by atoms with Crippen LogP contribution in [-0.2, 0) is 0 Å². The van der Waals surface area contributed by atoms with Crippen LogP contribution < -0.4 is 5.32 Å². The predicted molar refractivity (Wildman–Crippen MR) is 74.2 cm³/mol. The molecule has 0 aliphatic heterocycles. The number of benzene rings is 1. The molecule has 17 heavy (non-hydrogen) atoms. The molecule has 0 amide bonds.